The van der Waals surface area contributed by atoms with Crippen molar-refractivity contribution >= 4 is 13.8 Å². The molecule has 0 amide bonds. The van der Waals surface area contributed by atoms with Crippen LogP contribution in [0.5, 0.6) is 0 Å². The maximum absolute atomic E-state index is 12.7. The van der Waals surface area contributed by atoms with E-state index in [2.05, 4.69) is 62.5 Å². The summed E-state index contributed by atoms with van der Waals surface area (Å²) < 4.78 is 34.9. The summed E-state index contributed by atoms with van der Waals surface area (Å²) in [6.07, 6.45) is 44.2. The van der Waals surface area contributed by atoms with Crippen molar-refractivity contribution in [3.63, 3.8) is 0 Å². The molecule has 0 aromatic carbocycles. The first-order valence-corrected chi connectivity index (χ1v) is 22.9. The largest absolute Gasteiger partial charge is 0.472 e. The molecule has 0 aromatic heterocycles. The topological polar surface area (TPSA) is 91.3 Å². The zero-order chi connectivity index (χ0) is 39.1. The second kappa shape index (κ2) is 37.4. The van der Waals surface area contributed by atoms with Crippen molar-refractivity contribution in [1.82, 2.24) is 0 Å². The second-order valence-electron chi connectivity index (χ2n) is 15.4. The first-order valence-electron chi connectivity index (χ1n) is 21.4. The van der Waals surface area contributed by atoms with Gasteiger partial charge in [-0.2, -0.15) is 0 Å². The predicted octanol–water partition coefficient (Wildman–Crippen LogP) is 12.4. The van der Waals surface area contributed by atoms with Gasteiger partial charge in [-0.25, -0.2) is 4.57 Å². The van der Waals surface area contributed by atoms with Gasteiger partial charge in [-0.15, -0.1) is 0 Å². The number of hydrogen-bond acceptors (Lipinski definition) is 6. The molecule has 0 rings (SSSR count). The van der Waals surface area contributed by atoms with E-state index in [-0.39, 0.29) is 25.8 Å². The molecule has 2 unspecified atom stereocenters. The van der Waals surface area contributed by atoms with Crippen LogP contribution in [0.4, 0.5) is 0 Å². The van der Waals surface area contributed by atoms with Crippen LogP contribution in [-0.4, -0.2) is 75.6 Å². The molecular formula is C44H83NO7P+. The lowest BCUT2D eigenvalue weighted by molar-refractivity contribution is -0.870. The molecule has 0 aliphatic heterocycles. The quantitative estimate of drug-likeness (QED) is 0.0219. The Balaban J connectivity index is 4.26. The van der Waals surface area contributed by atoms with Crippen LogP contribution in [0.2, 0.25) is 0 Å². The van der Waals surface area contributed by atoms with E-state index in [1.165, 1.54) is 77.0 Å². The van der Waals surface area contributed by atoms with E-state index in [0.717, 1.165) is 70.6 Å². The molecule has 0 heterocycles. The van der Waals surface area contributed by atoms with Gasteiger partial charge in [-0.3, -0.25) is 13.8 Å². The van der Waals surface area contributed by atoms with E-state index in [1.54, 1.807) is 0 Å². The molecule has 0 fully saturated rings. The van der Waals surface area contributed by atoms with Gasteiger partial charge in [0.1, 0.15) is 19.3 Å². The van der Waals surface area contributed by atoms with Crippen LogP contribution in [-0.2, 0) is 27.9 Å². The van der Waals surface area contributed by atoms with Crippen LogP contribution in [0.25, 0.3) is 0 Å². The molecule has 53 heavy (non-hydrogen) atoms. The minimum atomic E-state index is -4.28. The van der Waals surface area contributed by atoms with Gasteiger partial charge < -0.3 is 18.9 Å². The summed E-state index contributed by atoms with van der Waals surface area (Å²) in [4.78, 5) is 22.8. The van der Waals surface area contributed by atoms with Gasteiger partial charge in [0.05, 0.1) is 34.4 Å². The van der Waals surface area contributed by atoms with Crippen molar-refractivity contribution in [2.75, 3.05) is 54.1 Å². The van der Waals surface area contributed by atoms with Gasteiger partial charge in [-0.05, 0) is 70.6 Å². The number of rotatable bonds is 39. The Morgan fingerprint density at radius 1 is 0.585 bits per heavy atom. The van der Waals surface area contributed by atoms with Gasteiger partial charge >= 0.3 is 13.8 Å². The lowest BCUT2D eigenvalue weighted by atomic mass is 10.1. The van der Waals surface area contributed by atoms with Crippen LogP contribution in [0.15, 0.2) is 48.6 Å². The number of ether oxygens (including phenoxy) is 2. The summed E-state index contributed by atoms with van der Waals surface area (Å²) in [5.74, 6) is -0.332. The van der Waals surface area contributed by atoms with Crippen molar-refractivity contribution in [2.24, 2.45) is 0 Å². The molecule has 0 radical (unpaired) electrons. The molecule has 0 bridgehead atoms. The zero-order valence-electron chi connectivity index (χ0n) is 35.0. The Hall–Kier alpha value is -1.54. The highest BCUT2D eigenvalue weighted by atomic mass is 31.2. The van der Waals surface area contributed by atoms with Gasteiger partial charge in [0, 0.05) is 13.0 Å². The fourth-order valence-corrected chi connectivity index (χ4v) is 6.24. The Kier molecular flexibility index (Phi) is 36.3. The molecule has 0 saturated carbocycles. The number of carbonyl (C=O) groups is 1. The van der Waals surface area contributed by atoms with Crippen LogP contribution in [0.1, 0.15) is 168 Å². The molecule has 0 aliphatic rings. The van der Waals surface area contributed by atoms with Crippen LogP contribution in [0.3, 0.4) is 0 Å². The summed E-state index contributed by atoms with van der Waals surface area (Å²) in [5, 5.41) is 0. The third kappa shape index (κ3) is 41.5. The fraction of sp³-hybridized carbons (Fsp3) is 0.795. The summed E-state index contributed by atoms with van der Waals surface area (Å²) in [7, 11) is 1.65. The molecule has 2 atom stereocenters. The summed E-state index contributed by atoms with van der Waals surface area (Å²) in [5.41, 5.74) is 0. The lowest BCUT2D eigenvalue weighted by Gasteiger charge is -2.24. The van der Waals surface area contributed by atoms with Crippen molar-refractivity contribution in [3.05, 3.63) is 48.6 Å². The highest BCUT2D eigenvalue weighted by molar-refractivity contribution is 7.47. The second-order valence-corrected chi connectivity index (χ2v) is 16.8. The fourth-order valence-electron chi connectivity index (χ4n) is 5.50. The first kappa shape index (κ1) is 51.5. The molecule has 0 spiro atoms. The smallest absolute Gasteiger partial charge is 0.457 e. The molecule has 310 valence electrons. The number of allylic oxidation sites excluding steroid dienone is 8. The Bertz CT molecular complexity index is 989. The number of phosphoric acid groups is 1. The number of phosphoric ester groups is 1. The van der Waals surface area contributed by atoms with Gasteiger partial charge in [0.15, 0.2) is 0 Å². The summed E-state index contributed by atoms with van der Waals surface area (Å²) in [6.45, 7) is 5.49. The minimum absolute atomic E-state index is 0.0830. The number of likely N-dealkylation sites (N-methyl/N-ethyl adjacent to an activating group) is 1. The number of hydrogen-bond donors (Lipinski definition) is 1. The van der Waals surface area contributed by atoms with E-state index in [0.29, 0.717) is 24.1 Å². The first-order chi connectivity index (χ1) is 25.6. The molecular weight excluding hydrogens is 685 g/mol. The van der Waals surface area contributed by atoms with E-state index in [4.69, 9.17) is 18.5 Å². The van der Waals surface area contributed by atoms with Crippen molar-refractivity contribution in [1.29, 1.82) is 0 Å². The Labute approximate surface area is 327 Å². The van der Waals surface area contributed by atoms with Crippen LogP contribution in [0, 0.1) is 0 Å². The van der Waals surface area contributed by atoms with Gasteiger partial charge in [0.25, 0.3) is 0 Å². The maximum atomic E-state index is 12.7. The van der Waals surface area contributed by atoms with Gasteiger partial charge in [0.2, 0.25) is 0 Å². The summed E-state index contributed by atoms with van der Waals surface area (Å²) >= 11 is 0. The van der Waals surface area contributed by atoms with E-state index in [9.17, 15) is 14.3 Å². The number of esters is 1. The van der Waals surface area contributed by atoms with Gasteiger partial charge in [-0.1, -0.05) is 140 Å². The Morgan fingerprint density at radius 2 is 1.08 bits per heavy atom. The van der Waals surface area contributed by atoms with Crippen LogP contribution < -0.4 is 0 Å². The van der Waals surface area contributed by atoms with E-state index >= 15 is 0 Å². The molecule has 1 N–H and O–H groups in total. The standard InChI is InChI=1S/C44H82NO7P/c1-6-8-10-12-14-16-18-20-21-22-23-24-26-28-30-32-34-36-39-49-41-43(42-51-53(47,48)50-40-38-45(3,4)5)52-44(46)37-35-33-31-29-27-25-19-17-15-13-11-9-7-2/h11,13-14,16-17,19-21,43H,6-10,12,15,18,22-42H2,1-5H3/p+1/b13-11-,16-14-,19-17-,21-20-. The van der Waals surface area contributed by atoms with Crippen molar-refractivity contribution in [3.8, 4) is 0 Å². The molecule has 9 heteroatoms. The highest BCUT2D eigenvalue weighted by Gasteiger charge is 2.26. The molecule has 0 aliphatic carbocycles. The zero-order valence-corrected chi connectivity index (χ0v) is 35.9. The number of carbonyl (C=O) groups excluding carboxylic acids is 1. The molecule has 8 nitrogen and oxygen atoms in total. The average Bonchev–Trinajstić information content (AvgIpc) is 3.11. The van der Waals surface area contributed by atoms with Crippen molar-refractivity contribution in [2.45, 2.75) is 174 Å². The molecule has 0 aromatic rings. The number of quaternary nitrogens is 1. The van der Waals surface area contributed by atoms with E-state index < -0.39 is 13.9 Å². The average molecular weight is 769 g/mol. The van der Waals surface area contributed by atoms with Crippen LogP contribution >= 0.6 is 7.82 Å². The third-order valence-electron chi connectivity index (χ3n) is 8.84. The predicted molar refractivity (Wildman–Crippen MR) is 224 cm³/mol. The summed E-state index contributed by atoms with van der Waals surface area (Å²) in [6, 6.07) is 0. The minimum Gasteiger partial charge on any atom is -0.457 e. The third-order valence-corrected chi connectivity index (χ3v) is 9.83. The molecule has 0 saturated heterocycles. The number of nitrogens with zero attached hydrogens (tertiary/aromatic N) is 1. The maximum Gasteiger partial charge on any atom is 0.472 e. The van der Waals surface area contributed by atoms with Crippen molar-refractivity contribution < 1.29 is 37.3 Å². The highest BCUT2D eigenvalue weighted by Crippen LogP contribution is 2.43. The SMILES string of the molecule is CCC/C=C\C/C=C\CCCCCCCC(=O)OC(COCCCCCCCCCC/C=C\C/C=C\CCCCC)COP(=O)(O)OCC[N+](C)(C)C. The lowest BCUT2D eigenvalue weighted by Crippen LogP contribution is -2.37. The normalized spacial score (nSPS) is 14.3. The Morgan fingerprint density at radius 3 is 1.60 bits per heavy atom. The number of unbranched alkanes of at least 4 members (excludes halogenated alkanes) is 17. The van der Waals surface area contributed by atoms with E-state index in [1.807, 2.05) is 21.1 Å². The monoisotopic (exact) mass is 769 g/mol.